The molecule has 3 aromatic carbocycles. The summed E-state index contributed by atoms with van der Waals surface area (Å²) in [7, 11) is -3.33. The number of hydrogen-bond acceptors (Lipinski definition) is 4. The minimum atomic E-state index is -3.33. The van der Waals surface area contributed by atoms with Gasteiger partial charge in [0.05, 0.1) is 21.3 Å². The zero-order valence-corrected chi connectivity index (χ0v) is 21.5. The van der Waals surface area contributed by atoms with Crippen molar-refractivity contribution in [2.24, 2.45) is 0 Å². The Balaban J connectivity index is 1.87. The molecule has 0 bridgehead atoms. The molecule has 4 aromatic rings. The molecule has 0 aliphatic heterocycles. The molecule has 4 rings (SSSR count). The molecule has 0 aliphatic rings. The number of sulfone groups is 1. The molecule has 34 heavy (non-hydrogen) atoms. The van der Waals surface area contributed by atoms with E-state index >= 15 is 0 Å². The molecule has 0 saturated carbocycles. The summed E-state index contributed by atoms with van der Waals surface area (Å²) in [6.07, 6.45) is 2.95. The van der Waals surface area contributed by atoms with Gasteiger partial charge in [0.25, 0.3) is 0 Å². The van der Waals surface area contributed by atoms with Gasteiger partial charge >= 0.3 is 0 Å². The molecule has 176 valence electrons. The number of aliphatic hydroxyl groups is 1. The predicted octanol–water partition coefficient (Wildman–Crippen LogP) is 6.45. The van der Waals surface area contributed by atoms with Crippen LogP contribution in [0.5, 0.6) is 0 Å². The van der Waals surface area contributed by atoms with Gasteiger partial charge in [-0.25, -0.2) is 13.4 Å². The third kappa shape index (κ3) is 4.77. The number of hydrogen-bond donors (Lipinski definition) is 1. The largest absolute Gasteiger partial charge is 0.384 e. The Morgan fingerprint density at radius 3 is 2.26 bits per heavy atom. The van der Waals surface area contributed by atoms with Crippen LogP contribution < -0.4 is 0 Å². The van der Waals surface area contributed by atoms with E-state index < -0.39 is 15.4 Å². The molecular weight excluding hydrogens is 491 g/mol. The molecule has 0 fully saturated rings. The van der Waals surface area contributed by atoms with Crippen molar-refractivity contribution in [3.8, 4) is 28.2 Å². The highest BCUT2D eigenvalue weighted by molar-refractivity contribution is 7.90. The van der Waals surface area contributed by atoms with E-state index in [9.17, 15) is 13.5 Å². The molecule has 0 amide bonds. The molecule has 1 N–H and O–H groups in total. The van der Waals surface area contributed by atoms with Crippen LogP contribution in [0.3, 0.4) is 0 Å². The first kappa shape index (κ1) is 24.5. The number of imidazole rings is 1. The van der Waals surface area contributed by atoms with Crippen molar-refractivity contribution in [2.75, 3.05) is 6.26 Å². The van der Waals surface area contributed by atoms with Gasteiger partial charge in [-0.3, -0.25) is 4.57 Å². The minimum Gasteiger partial charge on any atom is -0.384 e. The van der Waals surface area contributed by atoms with E-state index in [-0.39, 0.29) is 4.90 Å². The van der Waals surface area contributed by atoms with Gasteiger partial charge < -0.3 is 5.11 Å². The van der Waals surface area contributed by atoms with E-state index in [1.54, 1.807) is 44.3 Å². The van der Waals surface area contributed by atoms with Crippen molar-refractivity contribution in [3.05, 3.63) is 88.2 Å². The Labute approximate surface area is 209 Å². The highest BCUT2D eigenvalue weighted by Crippen LogP contribution is 2.35. The first-order valence-electron chi connectivity index (χ1n) is 10.5. The summed E-state index contributed by atoms with van der Waals surface area (Å²) in [4.78, 5) is 4.96. The van der Waals surface area contributed by atoms with E-state index in [4.69, 9.17) is 28.2 Å². The average molecular weight is 515 g/mol. The first-order valence-corrected chi connectivity index (χ1v) is 13.2. The van der Waals surface area contributed by atoms with Crippen molar-refractivity contribution in [1.29, 1.82) is 0 Å². The molecule has 0 spiro atoms. The fourth-order valence-electron chi connectivity index (χ4n) is 3.69. The van der Waals surface area contributed by atoms with Crippen LogP contribution in [0.1, 0.15) is 25.1 Å². The maximum absolute atomic E-state index is 12.0. The number of benzene rings is 3. The lowest BCUT2D eigenvalue weighted by atomic mass is 10.0. The Morgan fingerprint density at radius 1 is 0.941 bits per heavy atom. The van der Waals surface area contributed by atoms with Crippen LogP contribution in [0.4, 0.5) is 0 Å². The maximum Gasteiger partial charge on any atom is 0.175 e. The Bertz CT molecular complexity index is 1500. The minimum absolute atomic E-state index is 0.244. The highest BCUT2D eigenvalue weighted by atomic mass is 35.5. The Morgan fingerprint density at radius 2 is 1.62 bits per heavy atom. The molecular formula is C26H24Cl2N2O3S. The topological polar surface area (TPSA) is 72.2 Å². The van der Waals surface area contributed by atoms with E-state index in [0.717, 1.165) is 22.3 Å². The van der Waals surface area contributed by atoms with E-state index in [1.807, 2.05) is 47.9 Å². The van der Waals surface area contributed by atoms with Crippen molar-refractivity contribution in [3.63, 3.8) is 0 Å². The predicted molar refractivity (Wildman–Crippen MR) is 138 cm³/mol. The van der Waals surface area contributed by atoms with Gasteiger partial charge in [-0.2, -0.15) is 0 Å². The molecule has 1 heterocycles. The number of aromatic nitrogens is 2. The SMILES string of the molecule is Cc1c(Cl)cccc1-c1nc(C(C)(C)O)cn1-c1ccc(-c2cccc(S(C)(=O)=O)c2)cc1Cl. The molecule has 0 radical (unpaired) electrons. The Kier molecular flexibility index (Phi) is 6.38. The van der Waals surface area contributed by atoms with Crippen molar-refractivity contribution in [1.82, 2.24) is 9.55 Å². The van der Waals surface area contributed by atoms with Crippen molar-refractivity contribution in [2.45, 2.75) is 31.3 Å². The zero-order chi connectivity index (χ0) is 24.8. The second-order valence-corrected chi connectivity index (χ2v) is 11.6. The summed E-state index contributed by atoms with van der Waals surface area (Å²) >= 11 is 13.1. The van der Waals surface area contributed by atoms with Crippen LogP contribution >= 0.6 is 23.2 Å². The lowest BCUT2D eigenvalue weighted by Gasteiger charge is -2.14. The molecule has 5 nitrogen and oxygen atoms in total. The van der Waals surface area contributed by atoms with Crippen LogP contribution in [0.15, 0.2) is 71.8 Å². The van der Waals surface area contributed by atoms with Crippen LogP contribution in [-0.4, -0.2) is 29.3 Å². The summed E-state index contributed by atoms with van der Waals surface area (Å²) in [6, 6.07) is 17.9. The molecule has 1 aromatic heterocycles. The first-order chi connectivity index (χ1) is 15.9. The normalized spacial score (nSPS) is 12.2. The Hall–Kier alpha value is -2.64. The van der Waals surface area contributed by atoms with Crippen LogP contribution in [-0.2, 0) is 15.4 Å². The number of nitrogens with zero attached hydrogens (tertiary/aromatic N) is 2. The lowest BCUT2D eigenvalue weighted by Crippen LogP contribution is -2.15. The summed E-state index contributed by atoms with van der Waals surface area (Å²) in [5.74, 6) is 0.603. The molecule has 0 atom stereocenters. The standard InChI is InChI=1S/C26H24Cl2N2O3S/c1-16-20(9-6-10-21(16)27)25-29-24(26(2,3)31)15-30(25)23-12-11-18(14-22(23)28)17-7-5-8-19(13-17)34(4,32)33/h5-15,31H,1-4H3. The van der Waals surface area contributed by atoms with E-state index in [1.165, 1.54) is 6.26 Å². The second-order valence-electron chi connectivity index (χ2n) is 8.76. The van der Waals surface area contributed by atoms with Gasteiger partial charge in [-0.15, -0.1) is 0 Å². The van der Waals surface area contributed by atoms with Crippen molar-refractivity contribution >= 4 is 33.0 Å². The van der Waals surface area contributed by atoms with Gasteiger partial charge in [0.2, 0.25) is 0 Å². The number of halogens is 2. The summed E-state index contributed by atoms with van der Waals surface area (Å²) in [5.41, 5.74) is 3.20. The van der Waals surface area contributed by atoms with Gasteiger partial charge in [-0.1, -0.05) is 53.5 Å². The van der Waals surface area contributed by atoms with Crippen LogP contribution in [0.25, 0.3) is 28.2 Å². The third-order valence-electron chi connectivity index (χ3n) is 5.64. The quantitative estimate of drug-likeness (QED) is 0.332. The highest BCUT2D eigenvalue weighted by Gasteiger charge is 2.24. The monoisotopic (exact) mass is 514 g/mol. The van der Waals surface area contributed by atoms with Gasteiger partial charge in [-0.05, 0) is 67.8 Å². The summed E-state index contributed by atoms with van der Waals surface area (Å²) in [6.45, 7) is 5.27. The summed E-state index contributed by atoms with van der Waals surface area (Å²) in [5, 5.41) is 11.7. The van der Waals surface area contributed by atoms with Crippen LogP contribution in [0, 0.1) is 6.92 Å². The number of rotatable bonds is 5. The maximum atomic E-state index is 12.0. The zero-order valence-electron chi connectivity index (χ0n) is 19.2. The van der Waals surface area contributed by atoms with Crippen LogP contribution in [0.2, 0.25) is 10.0 Å². The fourth-order valence-corrected chi connectivity index (χ4v) is 4.80. The molecule has 0 aliphatic carbocycles. The third-order valence-corrected chi connectivity index (χ3v) is 7.47. The lowest BCUT2D eigenvalue weighted by molar-refractivity contribution is 0.0743. The summed E-state index contributed by atoms with van der Waals surface area (Å²) < 4.78 is 25.8. The van der Waals surface area contributed by atoms with Gasteiger partial charge in [0.1, 0.15) is 11.4 Å². The average Bonchev–Trinajstić information content (AvgIpc) is 3.20. The second kappa shape index (κ2) is 8.86. The van der Waals surface area contributed by atoms with Gasteiger partial charge in [0, 0.05) is 23.0 Å². The smallest absolute Gasteiger partial charge is 0.175 e. The van der Waals surface area contributed by atoms with Crippen molar-refractivity contribution < 1.29 is 13.5 Å². The molecule has 0 unspecified atom stereocenters. The fraction of sp³-hybridized carbons (Fsp3) is 0.192. The molecule has 0 saturated heterocycles. The van der Waals surface area contributed by atoms with E-state index in [0.29, 0.717) is 27.3 Å². The van der Waals surface area contributed by atoms with E-state index in [2.05, 4.69) is 0 Å². The molecule has 8 heteroatoms. The van der Waals surface area contributed by atoms with Gasteiger partial charge in [0.15, 0.2) is 9.84 Å².